The molecule has 6 heteroatoms. The molecule has 1 amide bonds. The van der Waals surface area contributed by atoms with E-state index in [2.05, 4.69) is 39.4 Å². The van der Waals surface area contributed by atoms with Crippen LogP contribution in [0.3, 0.4) is 0 Å². The van der Waals surface area contributed by atoms with Gasteiger partial charge in [0.2, 0.25) is 5.91 Å². The Balaban J connectivity index is 1.23. The second-order valence-corrected chi connectivity index (χ2v) is 9.89. The van der Waals surface area contributed by atoms with Crippen molar-refractivity contribution in [2.24, 2.45) is 5.92 Å². The van der Waals surface area contributed by atoms with Crippen LogP contribution in [0.1, 0.15) is 55.2 Å². The van der Waals surface area contributed by atoms with Crippen LogP contribution in [0.5, 0.6) is 0 Å². The maximum Gasteiger partial charge on any atom is 0.223 e. The first kappa shape index (κ1) is 24.2. The third kappa shape index (κ3) is 7.02. The Morgan fingerprint density at radius 2 is 1.58 bits per heavy atom. The number of hydrogen-bond donors (Lipinski definition) is 1. The Morgan fingerprint density at radius 3 is 2.30 bits per heavy atom. The second-order valence-electron chi connectivity index (χ2n) is 9.48. The zero-order valence-corrected chi connectivity index (χ0v) is 20.1. The fourth-order valence-electron chi connectivity index (χ4n) is 4.98. The first-order valence-electron chi connectivity index (χ1n) is 12.3. The van der Waals surface area contributed by atoms with Crippen molar-refractivity contribution < 1.29 is 9.18 Å². The average molecular weight is 472 g/mol. The van der Waals surface area contributed by atoms with Crippen molar-refractivity contribution >= 4 is 17.5 Å². The highest BCUT2D eigenvalue weighted by molar-refractivity contribution is 6.31. The molecule has 178 valence electrons. The highest BCUT2D eigenvalue weighted by atomic mass is 35.5. The van der Waals surface area contributed by atoms with E-state index in [4.69, 9.17) is 11.6 Å². The van der Waals surface area contributed by atoms with Gasteiger partial charge in [-0.15, -0.1) is 0 Å². The molecule has 0 radical (unpaired) electrons. The quantitative estimate of drug-likeness (QED) is 0.588. The third-order valence-corrected chi connectivity index (χ3v) is 7.32. The number of nitrogens with zero attached hydrogens (tertiary/aromatic N) is 2. The standard InChI is InChI=1S/C27H35ClFN3O/c28-25-9-6-10-26(29)24(25)20-32-15-11-23(12-16-32)27(33)30-18-21-7-5-8-22(17-21)19-31-13-3-1-2-4-14-31/h5-10,17,23H,1-4,11-16,18-20H2,(H,30,33). The number of rotatable bonds is 7. The largest absolute Gasteiger partial charge is 0.352 e. The Morgan fingerprint density at radius 1 is 0.909 bits per heavy atom. The molecule has 0 saturated carbocycles. The molecule has 2 aromatic carbocycles. The molecule has 33 heavy (non-hydrogen) atoms. The summed E-state index contributed by atoms with van der Waals surface area (Å²) >= 11 is 6.17. The minimum absolute atomic E-state index is 0.0117. The third-order valence-electron chi connectivity index (χ3n) is 6.96. The van der Waals surface area contributed by atoms with Crippen molar-refractivity contribution in [3.8, 4) is 0 Å². The maximum atomic E-state index is 14.1. The smallest absolute Gasteiger partial charge is 0.223 e. The first-order valence-corrected chi connectivity index (χ1v) is 12.7. The highest BCUT2D eigenvalue weighted by Crippen LogP contribution is 2.24. The second kappa shape index (κ2) is 12.0. The molecule has 4 nitrogen and oxygen atoms in total. The molecule has 0 aromatic heterocycles. The molecule has 0 atom stereocenters. The number of benzene rings is 2. The molecule has 0 aliphatic carbocycles. The van der Waals surface area contributed by atoms with Crippen LogP contribution in [0.2, 0.25) is 5.02 Å². The van der Waals surface area contributed by atoms with Gasteiger partial charge < -0.3 is 5.32 Å². The van der Waals surface area contributed by atoms with Gasteiger partial charge in [-0.25, -0.2) is 4.39 Å². The summed E-state index contributed by atoms with van der Waals surface area (Å²) in [5, 5.41) is 3.61. The van der Waals surface area contributed by atoms with Crippen LogP contribution in [-0.2, 0) is 24.4 Å². The van der Waals surface area contributed by atoms with Crippen LogP contribution in [0, 0.1) is 11.7 Å². The van der Waals surface area contributed by atoms with E-state index in [1.54, 1.807) is 12.1 Å². The summed E-state index contributed by atoms with van der Waals surface area (Å²) in [5.74, 6) is -0.130. The van der Waals surface area contributed by atoms with Crippen LogP contribution in [-0.4, -0.2) is 41.9 Å². The first-order chi connectivity index (χ1) is 16.1. The lowest BCUT2D eigenvalue weighted by molar-refractivity contribution is -0.126. The normalized spacial score (nSPS) is 18.7. The molecule has 2 aromatic rings. The summed E-state index contributed by atoms with van der Waals surface area (Å²) in [6, 6.07) is 13.4. The van der Waals surface area contributed by atoms with Gasteiger partial charge in [-0.05, 0) is 75.1 Å². The minimum atomic E-state index is -0.263. The van der Waals surface area contributed by atoms with Crippen LogP contribution < -0.4 is 5.32 Å². The van der Waals surface area contributed by atoms with Crippen LogP contribution in [0.4, 0.5) is 4.39 Å². The number of carbonyl (C=O) groups is 1. The number of likely N-dealkylation sites (tertiary alicyclic amines) is 2. The van der Waals surface area contributed by atoms with E-state index >= 15 is 0 Å². The number of amides is 1. The highest BCUT2D eigenvalue weighted by Gasteiger charge is 2.25. The van der Waals surface area contributed by atoms with Crippen LogP contribution >= 0.6 is 11.6 Å². The van der Waals surface area contributed by atoms with E-state index in [1.807, 2.05) is 0 Å². The maximum absolute atomic E-state index is 14.1. The SMILES string of the molecule is O=C(NCc1cccc(CN2CCCCCC2)c1)C1CCN(Cc2c(F)cccc2Cl)CC1. The van der Waals surface area contributed by atoms with Crippen molar-refractivity contribution in [3.05, 3.63) is 70.0 Å². The topological polar surface area (TPSA) is 35.6 Å². The zero-order chi connectivity index (χ0) is 23.0. The van der Waals surface area contributed by atoms with Gasteiger partial charge in [-0.1, -0.05) is 54.8 Å². The van der Waals surface area contributed by atoms with E-state index in [9.17, 15) is 9.18 Å². The van der Waals surface area contributed by atoms with Crippen molar-refractivity contribution in [1.82, 2.24) is 15.1 Å². The van der Waals surface area contributed by atoms with Crippen LogP contribution in [0.25, 0.3) is 0 Å². The molecule has 2 fully saturated rings. The zero-order valence-electron chi connectivity index (χ0n) is 19.4. The Hall–Kier alpha value is -1.95. The lowest BCUT2D eigenvalue weighted by atomic mass is 9.95. The molecule has 0 spiro atoms. The number of carbonyl (C=O) groups excluding carboxylic acids is 1. The molecule has 2 saturated heterocycles. The van der Waals surface area contributed by atoms with Crippen molar-refractivity contribution in [3.63, 3.8) is 0 Å². The van der Waals surface area contributed by atoms with E-state index in [0.717, 1.165) is 38.0 Å². The molecule has 2 heterocycles. The van der Waals surface area contributed by atoms with Gasteiger partial charge in [0.25, 0.3) is 0 Å². The number of piperidine rings is 1. The summed E-state index contributed by atoms with van der Waals surface area (Å²) in [5.41, 5.74) is 3.02. The van der Waals surface area contributed by atoms with Crippen molar-refractivity contribution in [1.29, 1.82) is 0 Å². The number of halogens is 2. The predicted molar refractivity (Wildman–Crippen MR) is 131 cm³/mol. The number of nitrogens with one attached hydrogen (secondary N) is 1. The van der Waals surface area contributed by atoms with E-state index in [-0.39, 0.29) is 17.6 Å². The lowest BCUT2D eigenvalue weighted by Crippen LogP contribution is -2.40. The van der Waals surface area contributed by atoms with Gasteiger partial charge in [0, 0.05) is 36.1 Å². The lowest BCUT2D eigenvalue weighted by Gasteiger charge is -2.31. The summed E-state index contributed by atoms with van der Waals surface area (Å²) < 4.78 is 14.1. The molecule has 2 aliphatic heterocycles. The van der Waals surface area contributed by atoms with Gasteiger partial charge >= 0.3 is 0 Å². The fourth-order valence-corrected chi connectivity index (χ4v) is 5.21. The molecule has 1 N–H and O–H groups in total. The molecule has 0 unspecified atom stereocenters. The molecule has 0 bridgehead atoms. The number of hydrogen-bond acceptors (Lipinski definition) is 3. The fraction of sp³-hybridized carbons (Fsp3) is 0.519. The van der Waals surface area contributed by atoms with Gasteiger partial charge in [0.05, 0.1) is 0 Å². The van der Waals surface area contributed by atoms with E-state index in [1.165, 1.54) is 50.4 Å². The van der Waals surface area contributed by atoms with Gasteiger partial charge in [0.1, 0.15) is 5.82 Å². The Kier molecular flexibility index (Phi) is 8.76. The van der Waals surface area contributed by atoms with Gasteiger partial charge in [0.15, 0.2) is 0 Å². The van der Waals surface area contributed by atoms with Gasteiger partial charge in [-0.2, -0.15) is 0 Å². The molecule has 4 rings (SSSR count). The summed E-state index contributed by atoms with van der Waals surface area (Å²) in [6.45, 7) is 5.96. The van der Waals surface area contributed by atoms with Gasteiger partial charge in [-0.3, -0.25) is 14.6 Å². The van der Waals surface area contributed by atoms with E-state index < -0.39 is 0 Å². The predicted octanol–water partition coefficient (Wildman–Crippen LogP) is 5.38. The molecule has 2 aliphatic rings. The average Bonchev–Trinajstić information content (AvgIpc) is 3.09. The van der Waals surface area contributed by atoms with Crippen molar-refractivity contribution in [2.75, 3.05) is 26.2 Å². The summed E-state index contributed by atoms with van der Waals surface area (Å²) in [4.78, 5) is 17.5. The van der Waals surface area contributed by atoms with E-state index in [0.29, 0.717) is 23.7 Å². The minimum Gasteiger partial charge on any atom is -0.352 e. The van der Waals surface area contributed by atoms with Crippen LogP contribution in [0.15, 0.2) is 42.5 Å². The monoisotopic (exact) mass is 471 g/mol. The molecular weight excluding hydrogens is 437 g/mol. The summed E-state index contributed by atoms with van der Waals surface area (Å²) in [6.07, 6.45) is 6.85. The Bertz CT molecular complexity index is 901. The molecular formula is C27H35ClFN3O. The summed E-state index contributed by atoms with van der Waals surface area (Å²) in [7, 11) is 0. The van der Waals surface area contributed by atoms with Crippen molar-refractivity contribution in [2.45, 2.75) is 58.2 Å². The Labute approximate surface area is 202 Å².